The number of hydrogen-bond acceptors (Lipinski definition) is 3. The Kier molecular flexibility index (Phi) is 6.22. The van der Waals surface area contributed by atoms with E-state index in [4.69, 9.17) is 4.74 Å². The first-order valence-electron chi connectivity index (χ1n) is 9.28. The third-order valence-electron chi connectivity index (χ3n) is 5.06. The number of rotatable bonds is 7. The summed E-state index contributed by atoms with van der Waals surface area (Å²) >= 11 is 0. The summed E-state index contributed by atoms with van der Waals surface area (Å²) in [7, 11) is 1.58. The fourth-order valence-corrected chi connectivity index (χ4v) is 3.55. The average Bonchev–Trinajstić information content (AvgIpc) is 3.16. The minimum absolute atomic E-state index is 0.0153. The van der Waals surface area contributed by atoms with Crippen molar-refractivity contribution in [2.75, 3.05) is 13.7 Å². The summed E-state index contributed by atoms with van der Waals surface area (Å²) in [6.45, 7) is 0.724. The minimum Gasteiger partial charge on any atom is -0.497 e. The van der Waals surface area contributed by atoms with Crippen molar-refractivity contribution in [2.45, 2.75) is 38.1 Å². The highest BCUT2D eigenvalue weighted by Crippen LogP contribution is 2.23. The largest absolute Gasteiger partial charge is 0.497 e. The topological polar surface area (TPSA) is 46.6 Å². The first-order chi connectivity index (χ1) is 13.1. The molecule has 0 radical (unpaired) electrons. The van der Waals surface area contributed by atoms with Crippen LogP contribution in [0.5, 0.6) is 5.75 Å². The molecule has 2 aromatic carbocycles. The van der Waals surface area contributed by atoms with Crippen LogP contribution in [0.1, 0.15) is 41.6 Å². The van der Waals surface area contributed by atoms with Gasteiger partial charge < -0.3 is 9.64 Å². The number of amides is 1. The van der Waals surface area contributed by atoms with E-state index in [0.717, 1.165) is 31.4 Å². The molecule has 0 spiro atoms. The summed E-state index contributed by atoms with van der Waals surface area (Å²) in [5.74, 6) is 0.417. The second-order valence-electron chi connectivity index (χ2n) is 6.87. The molecule has 2 aromatic rings. The van der Waals surface area contributed by atoms with Gasteiger partial charge in [0, 0.05) is 31.0 Å². The molecular formula is C22H24FNO3. The molecule has 0 N–H and O–H groups in total. The number of carbonyl (C=O) groups excluding carboxylic acids is 2. The van der Waals surface area contributed by atoms with E-state index in [-0.39, 0.29) is 36.4 Å². The third-order valence-corrected chi connectivity index (χ3v) is 5.06. The van der Waals surface area contributed by atoms with Crippen LogP contribution < -0.4 is 4.74 Å². The van der Waals surface area contributed by atoms with Gasteiger partial charge in [-0.1, -0.05) is 12.1 Å². The zero-order valence-corrected chi connectivity index (χ0v) is 15.5. The lowest BCUT2D eigenvalue weighted by molar-refractivity contribution is -0.131. The lowest BCUT2D eigenvalue weighted by Gasteiger charge is -2.25. The van der Waals surface area contributed by atoms with Crippen LogP contribution in [-0.4, -0.2) is 36.3 Å². The number of benzene rings is 2. The van der Waals surface area contributed by atoms with E-state index >= 15 is 0 Å². The predicted octanol–water partition coefficient (Wildman–Crippen LogP) is 4.03. The number of likely N-dealkylation sites (tertiary alicyclic amines) is 1. The Bertz CT molecular complexity index is 786. The molecule has 1 heterocycles. The van der Waals surface area contributed by atoms with Gasteiger partial charge in [-0.05, 0) is 61.2 Å². The maximum absolute atomic E-state index is 13.1. The highest BCUT2D eigenvalue weighted by Gasteiger charge is 2.28. The fourth-order valence-electron chi connectivity index (χ4n) is 3.55. The van der Waals surface area contributed by atoms with Gasteiger partial charge in [0.2, 0.25) is 5.91 Å². The lowest BCUT2D eigenvalue weighted by Crippen LogP contribution is -2.36. The maximum atomic E-state index is 13.1. The molecular weight excluding hydrogens is 345 g/mol. The Morgan fingerprint density at radius 3 is 2.44 bits per heavy atom. The minimum atomic E-state index is -0.254. The molecule has 27 heavy (non-hydrogen) atoms. The molecule has 1 atom stereocenters. The van der Waals surface area contributed by atoms with Gasteiger partial charge >= 0.3 is 0 Å². The van der Waals surface area contributed by atoms with E-state index in [2.05, 4.69) is 0 Å². The fraction of sp³-hybridized carbons (Fsp3) is 0.364. The van der Waals surface area contributed by atoms with Gasteiger partial charge in [0.05, 0.1) is 7.11 Å². The molecule has 1 aliphatic rings. The molecule has 5 heteroatoms. The number of Topliss-reactive ketones (excluding diaryl/α,β-unsaturated/α-hetero) is 1. The quantitative estimate of drug-likeness (QED) is 0.692. The Hall–Kier alpha value is -2.69. The van der Waals surface area contributed by atoms with Gasteiger partial charge in [0.15, 0.2) is 5.78 Å². The van der Waals surface area contributed by atoms with Crippen molar-refractivity contribution >= 4 is 11.7 Å². The van der Waals surface area contributed by atoms with Gasteiger partial charge in [0.25, 0.3) is 0 Å². The SMILES string of the molecule is COc1ccc(C(=O)CCC(=O)N2CCCC2Cc2ccc(F)cc2)cc1. The van der Waals surface area contributed by atoms with Gasteiger partial charge in [-0.2, -0.15) is 0 Å². The van der Waals surface area contributed by atoms with Crippen molar-refractivity contribution in [1.29, 1.82) is 0 Å². The molecule has 0 aromatic heterocycles. The molecule has 1 amide bonds. The lowest BCUT2D eigenvalue weighted by atomic mass is 10.0. The van der Waals surface area contributed by atoms with Crippen molar-refractivity contribution < 1.29 is 18.7 Å². The van der Waals surface area contributed by atoms with Crippen LogP contribution in [0.15, 0.2) is 48.5 Å². The van der Waals surface area contributed by atoms with Gasteiger partial charge in [-0.3, -0.25) is 9.59 Å². The number of methoxy groups -OCH3 is 1. The Balaban J connectivity index is 1.54. The van der Waals surface area contributed by atoms with Crippen LogP contribution in [-0.2, 0) is 11.2 Å². The summed E-state index contributed by atoms with van der Waals surface area (Å²) in [4.78, 5) is 26.8. The highest BCUT2D eigenvalue weighted by atomic mass is 19.1. The van der Waals surface area contributed by atoms with Crippen LogP contribution in [0.3, 0.4) is 0 Å². The molecule has 0 saturated carbocycles. The van der Waals surface area contributed by atoms with E-state index in [1.54, 1.807) is 43.5 Å². The average molecular weight is 369 g/mol. The number of ketones is 1. The standard InChI is InChI=1S/C22H24FNO3/c1-27-20-10-6-17(7-11-20)21(25)12-13-22(26)24-14-2-3-19(24)15-16-4-8-18(23)9-5-16/h4-11,19H,2-3,12-15H2,1H3. The highest BCUT2D eigenvalue weighted by molar-refractivity contribution is 5.98. The summed E-state index contributed by atoms with van der Waals surface area (Å²) in [6, 6.07) is 13.5. The van der Waals surface area contributed by atoms with Gasteiger partial charge in [-0.15, -0.1) is 0 Å². The van der Waals surface area contributed by atoms with Crippen LogP contribution in [0.4, 0.5) is 4.39 Å². The van der Waals surface area contributed by atoms with E-state index in [0.29, 0.717) is 11.3 Å². The second-order valence-corrected chi connectivity index (χ2v) is 6.87. The van der Waals surface area contributed by atoms with E-state index < -0.39 is 0 Å². The van der Waals surface area contributed by atoms with Crippen molar-refractivity contribution in [3.63, 3.8) is 0 Å². The van der Waals surface area contributed by atoms with Gasteiger partial charge in [-0.25, -0.2) is 4.39 Å². The molecule has 1 unspecified atom stereocenters. The molecule has 3 rings (SSSR count). The Labute approximate surface area is 158 Å². The third kappa shape index (κ3) is 4.94. The number of ether oxygens (including phenoxy) is 1. The molecule has 0 aliphatic carbocycles. The number of halogens is 1. The first kappa shape index (κ1) is 19.1. The van der Waals surface area contributed by atoms with Crippen LogP contribution in [0, 0.1) is 5.82 Å². The van der Waals surface area contributed by atoms with Crippen LogP contribution >= 0.6 is 0 Å². The van der Waals surface area contributed by atoms with Crippen LogP contribution in [0.2, 0.25) is 0 Å². The van der Waals surface area contributed by atoms with Gasteiger partial charge in [0.1, 0.15) is 11.6 Å². The Morgan fingerprint density at radius 1 is 1.07 bits per heavy atom. The summed E-state index contributed by atoms with van der Waals surface area (Å²) in [5.41, 5.74) is 1.61. The Morgan fingerprint density at radius 2 is 1.78 bits per heavy atom. The monoisotopic (exact) mass is 369 g/mol. The van der Waals surface area contributed by atoms with Crippen molar-refractivity contribution in [1.82, 2.24) is 4.90 Å². The maximum Gasteiger partial charge on any atom is 0.223 e. The zero-order chi connectivity index (χ0) is 19.2. The van der Waals surface area contributed by atoms with Crippen LogP contribution in [0.25, 0.3) is 0 Å². The molecule has 142 valence electrons. The van der Waals surface area contributed by atoms with E-state index in [1.165, 1.54) is 12.1 Å². The number of hydrogen-bond donors (Lipinski definition) is 0. The second kappa shape index (κ2) is 8.80. The van der Waals surface area contributed by atoms with Crippen molar-refractivity contribution in [3.05, 3.63) is 65.5 Å². The van der Waals surface area contributed by atoms with E-state index in [1.807, 2.05) is 4.90 Å². The molecule has 1 saturated heterocycles. The normalized spacial score (nSPS) is 16.4. The molecule has 1 fully saturated rings. The number of carbonyl (C=O) groups is 2. The first-order valence-corrected chi connectivity index (χ1v) is 9.28. The van der Waals surface area contributed by atoms with E-state index in [9.17, 15) is 14.0 Å². The molecule has 4 nitrogen and oxygen atoms in total. The molecule has 1 aliphatic heterocycles. The van der Waals surface area contributed by atoms with Crippen molar-refractivity contribution in [2.24, 2.45) is 0 Å². The predicted molar refractivity (Wildman–Crippen MR) is 101 cm³/mol. The summed E-state index contributed by atoms with van der Waals surface area (Å²) in [5, 5.41) is 0. The smallest absolute Gasteiger partial charge is 0.223 e. The summed E-state index contributed by atoms with van der Waals surface area (Å²) < 4.78 is 18.1. The molecule has 0 bridgehead atoms. The number of nitrogens with zero attached hydrogens (tertiary/aromatic N) is 1. The zero-order valence-electron chi connectivity index (χ0n) is 15.5. The summed E-state index contributed by atoms with van der Waals surface area (Å²) in [6.07, 6.45) is 3.04. The van der Waals surface area contributed by atoms with Crippen molar-refractivity contribution in [3.8, 4) is 5.75 Å².